The van der Waals surface area contributed by atoms with Gasteiger partial charge in [-0.3, -0.25) is 9.69 Å². The summed E-state index contributed by atoms with van der Waals surface area (Å²) in [4.78, 5) is 36.9. The lowest BCUT2D eigenvalue weighted by Crippen LogP contribution is -2.53. The normalized spacial score (nSPS) is 18.4. The molecule has 12 heteroatoms. The van der Waals surface area contributed by atoms with Crippen molar-refractivity contribution in [2.45, 2.75) is 35.4 Å². The van der Waals surface area contributed by atoms with Crippen LogP contribution in [0.5, 0.6) is 0 Å². The van der Waals surface area contributed by atoms with Crippen molar-refractivity contribution < 1.29 is 22.7 Å². The van der Waals surface area contributed by atoms with Crippen LogP contribution < -0.4 is 21.3 Å². The second kappa shape index (κ2) is 10.3. The van der Waals surface area contributed by atoms with Gasteiger partial charge in [0, 0.05) is 30.4 Å². The van der Waals surface area contributed by atoms with Crippen LogP contribution in [-0.2, 0) is 24.1 Å². The van der Waals surface area contributed by atoms with Crippen molar-refractivity contribution in [3.05, 3.63) is 66.4 Å². The van der Waals surface area contributed by atoms with Crippen molar-refractivity contribution in [2.24, 2.45) is 11.5 Å². The number of rotatable bonds is 8. The molecular formula is C27H30N6O5S. The molecule has 3 amide bonds. The zero-order chi connectivity index (χ0) is 27.8. The van der Waals surface area contributed by atoms with Crippen molar-refractivity contribution >= 4 is 33.3 Å². The topological polar surface area (TPSA) is 162 Å². The number of anilines is 2. The van der Waals surface area contributed by atoms with Gasteiger partial charge in [-0.1, -0.05) is 18.2 Å². The molecule has 1 atom stereocenters. The van der Waals surface area contributed by atoms with Crippen LogP contribution in [0.15, 0.2) is 65.6 Å². The number of benzene rings is 2. The van der Waals surface area contributed by atoms with E-state index in [1.165, 1.54) is 4.90 Å². The third-order valence-corrected chi connectivity index (χ3v) is 9.76. The molecule has 1 unspecified atom stereocenters. The number of primary amides is 2. The van der Waals surface area contributed by atoms with Gasteiger partial charge in [-0.25, -0.2) is 23.2 Å². The van der Waals surface area contributed by atoms with E-state index >= 15 is 0 Å². The summed E-state index contributed by atoms with van der Waals surface area (Å²) in [6, 6.07) is 15.6. The molecular weight excluding hydrogens is 520 g/mol. The summed E-state index contributed by atoms with van der Waals surface area (Å²) >= 11 is 0. The van der Waals surface area contributed by atoms with Gasteiger partial charge in [0.15, 0.2) is 15.7 Å². The first-order chi connectivity index (χ1) is 18.7. The van der Waals surface area contributed by atoms with Crippen LogP contribution in [-0.4, -0.2) is 62.7 Å². The number of aromatic nitrogens is 2. The Balaban J connectivity index is 1.63. The summed E-state index contributed by atoms with van der Waals surface area (Å²) in [5, 5.41) is 0. The lowest BCUT2D eigenvalue weighted by atomic mass is 10.1. The van der Waals surface area contributed by atoms with Crippen LogP contribution in [0.4, 0.5) is 16.3 Å². The van der Waals surface area contributed by atoms with Gasteiger partial charge in [-0.2, -0.15) is 0 Å². The summed E-state index contributed by atoms with van der Waals surface area (Å²) in [6.45, 7) is 3.03. The van der Waals surface area contributed by atoms with Crippen LogP contribution in [0.1, 0.15) is 25.5 Å². The molecule has 11 nitrogen and oxygen atoms in total. The molecule has 1 aliphatic heterocycles. The van der Waals surface area contributed by atoms with E-state index in [0.717, 1.165) is 0 Å². The van der Waals surface area contributed by atoms with Crippen molar-refractivity contribution in [3.8, 4) is 11.4 Å². The summed E-state index contributed by atoms with van der Waals surface area (Å²) in [5.74, 6) is 0.123. The fraction of sp³-hybridized carbons (Fsp3) is 0.333. The molecule has 39 heavy (non-hydrogen) atoms. The van der Waals surface area contributed by atoms with Gasteiger partial charge < -0.3 is 21.1 Å². The Morgan fingerprint density at radius 3 is 2.36 bits per heavy atom. The van der Waals surface area contributed by atoms with E-state index in [-0.39, 0.29) is 11.5 Å². The van der Waals surface area contributed by atoms with Crippen molar-refractivity contribution in [1.29, 1.82) is 0 Å². The molecule has 1 saturated carbocycles. The number of hydrogen-bond acceptors (Lipinski definition) is 8. The van der Waals surface area contributed by atoms with E-state index < -0.39 is 32.6 Å². The minimum absolute atomic E-state index is 0.103. The first kappa shape index (κ1) is 26.6. The number of morpholine rings is 1. The summed E-state index contributed by atoms with van der Waals surface area (Å²) < 4.78 is 31.9. The van der Waals surface area contributed by atoms with Crippen LogP contribution in [0, 0.1) is 0 Å². The Kier molecular flexibility index (Phi) is 7.00. The van der Waals surface area contributed by atoms with E-state index in [1.807, 2.05) is 6.92 Å². The van der Waals surface area contributed by atoms with Crippen LogP contribution in [0.3, 0.4) is 0 Å². The molecule has 1 aliphatic carbocycles. The lowest BCUT2D eigenvalue weighted by Gasteiger charge is -2.35. The van der Waals surface area contributed by atoms with E-state index in [4.69, 9.17) is 26.2 Å². The zero-order valence-corrected chi connectivity index (χ0v) is 22.3. The van der Waals surface area contributed by atoms with Gasteiger partial charge >= 0.3 is 6.03 Å². The average Bonchev–Trinajstić information content (AvgIpc) is 3.77. The number of hydrogen-bond donors (Lipinski definition) is 2. The number of urea groups is 1. The standard InChI is InChI=1S/C27H30N6O5S/c1-2-32(26(29)35)19-10-8-18(9-11-19)25-30-22(16-23(31-25)33-14-15-38-17-21(33)24(28)34)27(12-13-27)39(36,37)20-6-4-3-5-7-20/h3-11,16,21H,2,12-15,17H2,1H3,(H2,28,34)(H2,29,35). The molecule has 1 aromatic heterocycles. The third kappa shape index (κ3) is 4.81. The van der Waals surface area contributed by atoms with Gasteiger partial charge in [0.25, 0.3) is 0 Å². The second-order valence-electron chi connectivity index (χ2n) is 9.56. The number of nitrogens with two attached hydrogens (primary N) is 2. The maximum atomic E-state index is 13.8. The molecule has 5 rings (SSSR count). The minimum Gasteiger partial charge on any atom is -0.377 e. The highest BCUT2D eigenvalue weighted by Gasteiger charge is 2.58. The molecule has 2 heterocycles. The fourth-order valence-electron chi connectivity index (χ4n) is 4.92. The van der Waals surface area contributed by atoms with Gasteiger partial charge in [0.05, 0.1) is 23.8 Å². The van der Waals surface area contributed by atoms with Crippen molar-refractivity contribution in [2.75, 3.05) is 36.1 Å². The highest BCUT2D eigenvalue weighted by molar-refractivity contribution is 7.92. The van der Waals surface area contributed by atoms with E-state index in [1.54, 1.807) is 65.6 Å². The predicted molar refractivity (Wildman–Crippen MR) is 146 cm³/mol. The predicted octanol–water partition coefficient (Wildman–Crippen LogP) is 2.20. The van der Waals surface area contributed by atoms with E-state index in [9.17, 15) is 18.0 Å². The number of carbonyl (C=O) groups excluding carboxylic acids is 2. The maximum absolute atomic E-state index is 13.8. The molecule has 2 aromatic carbocycles. The van der Waals surface area contributed by atoms with Crippen molar-refractivity contribution in [3.63, 3.8) is 0 Å². The fourth-order valence-corrected chi connectivity index (χ4v) is 6.90. The number of nitrogens with zero attached hydrogens (tertiary/aromatic N) is 4. The van der Waals surface area contributed by atoms with Gasteiger partial charge in [0.2, 0.25) is 5.91 Å². The zero-order valence-electron chi connectivity index (χ0n) is 21.5. The quantitative estimate of drug-likeness (QED) is 0.431. The smallest absolute Gasteiger partial charge is 0.319 e. The number of ether oxygens (including phenoxy) is 1. The molecule has 0 bridgehead atoms. The maximum Gasteiger partial charge on any atom is 0.319 e. The lowest BCUT2D eigenvalue weighted by molar-refractivity contribution is -0.121. The summed E-state index contributed by atoms with van der Waals surface area (Å²) in [6.07, 6.45) is 0.816. The monoisotopic (exact) mass is 550 g/mol. The van der Waals surface area contributed by atoms with Crippen molar-refractivity contribution in [1.82, 2.24) is 9.97 Å². The Labute approximate surface area is 226 Å². The number of amides is 3. The Morgan fingerprint density at radius 1 is 1.08 bits per heavy atom. The SMILES string of the molecule is CCN(C(N)=O)c1ccc(-c2nc(N3CCOCC3C(N)=O)cc(C3(S(=O)(=O)c4ccccc4)CC3)n2)cc1. The van der Waals surface area contributed by atoms with Gasteiger partial charge in [-0.05, 0) is 56.2 Å². The highest BCUT2D eigenvalue weighted by Crippen LogP contribution is 2.55. The molecule has 0 spiro atoms. The summed E-state index contributed by atoms with van der Waals surface area (Å²) in [7, 11) is -3.77. The first-order valence-electron chi connectivity index (χ1n) is 12.7. The molecule has 4 N–H and O–H groups in total. The second-order valence-corrected chi connectivity index (χ2v) is 11.8. The van der Waals surface area contributed by atoms with E-state index in [0.29, 0.717) is 61.1 Å². The highest BCUT2D eigenvalue weighted by atomic mass is 32.2. The summed E-state index contributed by atoms with van der Waals surface area (Å²) in [5.41, 5.74) is 12.7. The largest absolute Gasteiger partial charge is 0.377 e. The minimum atomic E-state index is -3.77. The van der Waals surface area contributed by atoms with E-state index in [2.05, 4.69) is 0 Å². The molecule has 2 aliphatic rings. The average molecular weight is 551 g/mol. The molecule has 1 saturated heterocycles. The molecule has 3 aromatic rings. The van der Waals surface area contributed by atoms with Crippen LogP contribution in [0.2, 0.25) is 0 Å². The Morgan fingerprint density at radius 2 is 1.77 bits per heavy atom. The van der Waals surface area contributed by atoms with Crippen LogP contribution >= 0.6 is 0 Å². The van der Waals surface area contributed by atoms with Crippen LogP contribution in [0.25, 0.3) is 11.4 Å². The van der Waals surface area contributed by atoms with Gasteiger partial charge in [-0.15, -0.1) is 0 Å². The third-order valence-electron chi connectivity index (χ3n) is 7.22. The number of carbonyl (C=O) groups is 2. The molecule has 2 fully saturated rings. The number of sulfone groups is 1. The Bertz CT molecular complexity index is 1490. The molecule has 0 radical (unpaired) electrons. The van der Waals surface area contributed by atoms with Gasteiger partial charge in [0.1, 0.15) is 16.6 Å². The first-order valence-corrected chi connectivity index (χ1v) is 14.2. The molecule has 204 valence electrons. The Hall–Kier alpha value is -4.03.